The molecule has 1 N–H and O–H groups in total. The van der Waals surface area contributed by atoms with Crippen LogP contribution in [0.5, 0.6) is 0 Å². The molecule has 0 aliphatic carbocycles. The first-order valence-electron chi connectivity index (χ1n) is 8.00. The molecule has 1 heterocycles. The highest BCUT2D eigenvalue weighted by Crippen LogP contribution is 2.25. The summed E-state index contributed by atoms with van der Waals surface area (Å²) in [6.07, 6.45) is 3.42. The van der Waals surface area contributed by atoms with Crippen molar-refractivity contribution in [3.05, 3.63) is 53.1 Å². The molecule has 0 unspecified atom stereocenters. The number of hydrogen-bond donors (Lipinski definition) is 1. The van der Waals surface area contributed by atoms with Crippen molar-refractivity contribution in [3.8, 4) is 0 Å². The van der Waals surface area contributed by atoms with E-state index in [2.05, 4.69) is 10.2 Å². The Morgan fingerprint density at radius 2 is 1.84 bits per heavy atom. The van der Waals surface area contributed by atoms with E-state index in [9.17, 15) is 13.2 Å². The first-order chi connectivity index (χ1) is 11.8. The summed E-state index contributed by atoms with van der Waals surface area (Å²) in [5.74, 6) is -0.375. The number of halogens is 1. The van der Waals surface area contributed by atoms with Gasteiger partial charge in [-0.15, -0.1) is 0 Å². The van der Waals surface area contributed by atoms with Crippen molar-refractivity contribution in [2.24, 2.45) is 0 Å². The molecule has 0 radical (unpaired) electrons. The molecule has 0 bridgehead atoms. The van der Waals surface area contributed by atoms with Crippen molar-refractivity contribution in [2.75, 3.05) is 29.6 Å². The Kier molecular flexibility index (Phi) is 5.01. The summed E-state index contributed by atoms with van der Waals surface area (Å²) in [5, 5.41) is 2.92. The fourth-order valence-electron chi connectivity index (χ4n) is 2.89. The number of nitrogens with zero attached hydrogens (tertiary/aromatic N) is 1. The Balaban J connectivity index is 1.82. The van der Waals surface area contributed by atoms with E-state index in [-0.39, 0.29) is 21.4 Å². The summed E-state index contributed by atoms with van der Waals surface area (Å²) >= 11 is 5.92. The quantitative estimate of drug-likeness (QED) is 0.882. The van der Waals surface area contributed by atoms with Crippen molar-refractivity contribution in [2.45, 2.75) is 17.7 Å². The number of amides is 1. The van der Waals surface area contributed by atoms with Crippen LogP contribution in [0.3, 0.4) is 0 Å². The molecule has 2 aromatic rings. The van der Waals surface area contributed by atoms with E-state index in [1.807, 2.05) is 24.3 Å². The van der Waals surface area contributed by atoms with Crippen LogP contribution in [0.2, 0.25) is 5.02 Å². The van der Waals surface area contributed by atoms with Crippen molar-refractivity contribution >= 4 is 38.7 Å². The molecule has 132 valence electrons. The molecule has 0 aromatic heterocycles. The van der Waals surface area contributed by atoms with Gasteiger partial charge in [0.15, 0.2) is 9.84 Å². The molecule has 0 atom stereocenters. The van der Waals surface area contributed by atoms with Crippen LogP contribution in [0.15, 0.2) is 47.4 Å². The summed E-state index contributed by atoms with van der Waals surface area (Å²) in [4.78, 5) is 14.7. The van der Waals surface area contributed by atoms with Gasteiger partial charge in [0.2, 0.25) is 0 Å². The topological polar surface area (TPSA) is 66.5 Å². The summed E-state index contributed by atoms with van der Waals surface area (Å²) in [6.45, 7) is 2.04. The van der Waals surface area contributed by atoms with Crippen LogP contribution >= 0.6 is 11.6 Å². The highest BCUT2D eigenvalue weighted by Gasteiger charge is 2.17. The molecule has 2 aromatic carbocycles. The van der Waals surface area contributed by atoms with Crippen molar-refractivity contribution in [1.29, 1.82) is 0 Å². The fraction of sp³-hybridized carbons (Fsp3) is 0.278. The zero-order valence-electron chi connectivity index (χ0n) is 13.8. The number of benzene rings is 2. The Hall–Kier alpha value is -2.05. The predicted molar refractivity (Wildman–Crippen MR) is 100 cm³/mol. The number of rotatable bonds is 4. The maximum atomic E-state index is 12.5. The molecule has 5 nitrogen and oxygen atoms in total. The average molecular weight is 379 g/mol. The molecule has 0 spiro atoms. The lowest BCUT2D eigenvalue weighted by molar-refractivity contribution is 0.102. The van der Waals surface area contributed by atoms with E-state index in [1.54, 1.807) is 0 Å². The maximum Gasteiger partial charge on any atom is 0.255 e. The van der Waals surface area contributed by atoms with Crippen molar-refractivity contribution in [3.63, 3.8) is 0 Å². The van der Waals surface area contributed by atoms with E-state index < -0.39 is 9.84 Å². The third-order valence-electron chi connectivity index (χ3n) is 4.17. The lowest BCUT2D eigenvalue weighted by atomic mass is 10.2. The van der Waals surface area contributed by atoms with Crippen LogP contribution < -0.4 is 10.2 Å². The van der Waals surface area contributed by atoms with Gasteiger partial charge in [-0.3, -0.25) is 4.79 Å². The van der Waals surface area contributed by atoms with Gasteiger partial charge in [-0.1, -0.05) is 17.7 Å². The minimum absolute atomic E-state index is 0.0485. The van der Waals surface area contributed by atoms with Crippen LogP contribution in [0, 0.1) is 0 Å². The third-order valence-corrected chi connectivity index (χ3v) is 5.75. The highest BCUT2D eigenvalue weighted by atomic mass is 35.5. The van der Waals surface area contributed by atoms with E-state index in [4.69, 9.17) is 11.6 Å². The number of nitrogens with one attached hydrogen (secondary N) is 1. The Morgan fingerprint density at radius 3 is 2.52 bits per heavy atom. The number of anilines is 2. The predicted octanol–water partition coefficient (Wildman–Crippen LogP) is 3.60. The van der Waals surface area contributed by atoms with Crippen LogP contribution in [0.4, 0.5) is 11.4 Å². The zero-order chi connectivity index (χ0) is 18.0. The van der Waals surface area contributed by atoms with Crippen LogP contribution in [0.25, 0.3) is 0 Å². The molecule has 1 fully saturated rings. The van der Waals surface area contributed by atoms with E-state index in [0.717, 1.165) is 25.0 Å². The smallest absolute Gasteiger partial charge is 0.255 e. The first kappa shape index (κ1) is 17.8. The fourth-order valence-corrected chi connectivity index (χ4v) is 4.19. The van der Waals surface area contributed by atoms with Gasteiger partial charge in [0, 0.05) is 36.3 Å². The van der Waals surface area contributed by atoms with Gasteiger partial charge in [-0.2, -0.15) is 0 Å². The summed E-state index contributed by atoms with van der Waals surface area (Å²) in [6, 6.07) is 11.9. The molecule has 3 rings (SSSR count). The largest absolute Gasteiger partial charge is 0.371 e. The van der Waals surface area contributed by atoms with Crippen molar-refractivity contribution in [1.82, 2.24) is 0 Å². The summed E-state index contributed by atoms with van der Waals surface area (Å²) < 4.78 is 23.5. The molecule has 1 aliphatic heterocycles. The molecule has 1 saturated heterocycles. The Morgan fingerprint density at radius 1 is 1.12 bits per heavy atom. The van der Waals surface area contributed by atoms with Gasteiger partial charge in [-0.25, -0.2) is 8.42 Å². The van der Waals surface area contributed by atoms with Gasteiger partial charge in [0.05, 0.1) is 9.92 Å². The summed E-state index contributed by atoms with van der Waals surface area (Å²) in [5.41, 5.74) is 1.99. The maximum absolute atomic E-state index is 12.5. The number of carbonyl (C=O) groups is 1. The van der Waals surface area contributed by atoms with Crippen LogP contribution in [-0.2, 0) is 9.84 Å². The molecule has 1 aliphatic rings. The van der Waals surface area contributed by atoms with E-state index >= 15 is 0 Å². The number of sulfone groups is 1. The monoisotopic (exact) mass is 378 g/mol. The van der Waals surface area contributed by atoms with Gasteiger partial charge < -0.3 is 10.2 Å². The minimum Gasteiger partial charge on any atom is -0.371 e. The minimum atomic E-state index is -3.50. The lowest BCUT2D eigenvalue weighted by Gasteiger charge is -2.18. The Bertz CT molecular complexity index is 906. The third kappa shape index (κ3) is 4.14. The molecule has 0 saturated carbocycles. The average Bonchev–Trinajstić information content (AvgIpc) is 3.09. The first-order valence-corrected chi connectivity index (χ1v) is 10.3. The standard InChI is InChI=1S/C18H19ClN2O3S/c1-25(23,24)17-11-13(7-8-16(17)19)18(22)20-14-5-4-6-15(12-14)21-9-2-3-10-21/h4-8,11-12H,2-3,9-10H2,1H3,(H,20,22). The van der Waals surface area contributed by atoms with Gasteiger partial charge in [-0.05, 0) is 49.2 Å². The van der Waals surface area contributed by atoms with Gasteiger partial charge in [0.25, 0.3) is 5.91 Å². The summed E-state index contributed by atoms with van der Waals surface area (Å²) in [7, 11) is -3.50. The lowest BCUT2D eigenvalue weighted by Crippen LogP contribution is -2.18. The Labute approximate surface area is 152 Å². The SMILES string of the molecule is CS(=O)(=O)c1cc(C(=O)Nc2cccc(N3CCCC3)c2)ccc1Cl. The molecule has 25 heavy (non-hydrogen) atoms. The normalized spacial score (nSPS) is 14.6. The number of carbonyl (C=O) groups excluding carboxylic acids is 1. The molecular formula is C18H19ClN2O3S. The zero-order valence-corrected chi connectivity index (χ0v) is 15.4. The van der Waals surface area contributed by atoms with Crippen molar-refractivity contribution < 1.29 is 13.2 Å². The van der Waals surface area contributed by atoms with Gasteiger partial charge >= 0.3 is 0 Å². The molecule has 7 heteroatoms. The molecule has 1 amide bonds. The second-order valence-electron chi connectivity index (χ2n) is 6.12. The second kappa shape index (κ2) is 7.06. The van der Waals surface area contributed by atoms with Crippen LogP contribution in [-0.4, -0.2) is 33.7 Å². The highest BCUT2D eigenvalue weighted by molar-refractivity contribution is 7.90. The van der Waals surface area contributed by atoms with E-state index in [0.29, 0.717) is 5.69 Å². The second-order valence-corrected chi connectivity index (χ2v) is 8.51. The van der Waals surface area contributed by atoms with Gasteiger partial charge in [0.1, 0.15) is 0 Å². The van der Waals surface area contributed by atoms with E-state index in [1.165, 1.54) is 31.0 Å². The van der Waals surface area contributed by atoms with Crippen LogP contribution in [0.1, 0.15) is 23.2 Å². The molecular weight excluding hydrogens is 360 g/mol. The number of hydrogen-bond acceptors (Lipinski definition) is 4.